The maximum absolute atomic E-state index is 5.27. The summed E-state index contributed by atoms with van der Waals surface area (Å²) in [4.78, 5) is 0. The Kier molecular flexibility index (Phi) is 1.66. The Hall–Kier alpha value is -0.820. The number of rotatable bonds is 2. The second-order valence-corrected chi connectivity index (χ2v) is 4.23. The van der Waals surface area contributed by atoms with Crippen LogP contribution in [0.5, 0.6) is 0 Å². The van der Waals surface area contributed by atoms with Crippen LogP contribution in [-0.4, -0.2) is 12.7 Å². The molecule has 1 saturated heterocycles. The van der Waals surface area contributed by atoms with Crippen LogP contribution in [0.3, 0.4) is 0 Å². The van der Waals surface area contributed by atoms with E-state index in [0.29, 0.717) is 6.10 Å². The van der Waals surface area contributed by atoms with E-state index < -0.39 is 0 Å². The Labute approximate surface area is 78.7 Å². The van der Waals surface area contributed by atoms with Gasteiger partial charge in [-0.1, -0.05) is 24.3 Å². The number of benzene rings is 1. The van der Waals surface area contributed by atoms with Crippen LogP contribution < -0.4 is 0 Å². The van der Waals surface area contributed by atoms with Crippen LogP contribution >= 0.6 is 0 Å². The molecule has 1 fully saturated rings. The van der Waals surface area contributed by atoms with Gasteiger partial charge in [-0.25, -0.2) is 0 Å². The van der Waals surface area contributed by atoms with Gasteiger partial charge in [0, 0.05) is 0 Å². The highest BCUT2D eigenvalue weighted by Gasteiger charge is 2.29. The van der Waals surface area contributed by atoms with Crippen LogP contribution in [0.1, 0.15) is 17.5 Å². The lowest BCUT2D eigenvalue weighted by Gasteiger charge is -2.04. The van der Waals surface area contributed by atoms with Crippen LogP contribution in [-0.2, 0) is 17.6 Å². The predicted molar refractivity (Wildman–Crippen MR) is 51.7 cm³/mol. The van der Waals surface area contributed by atoms with E-state index in [-0.39, 0.29) is 0 Å². The molecule has 1 aromatic rings. The lowest BCUT2D eigenvalue weighted by atomic mass is 10.0. The summed E-state index contributed by atoms with van der Waals surface area (Å²) < 4.78 is 5.27. The molecule has 0 aromatic heterocycles. The van der Waals surface area contributed by atoms with Gasteiger partial charge >= 0.3 is 0 Å². The molecule has 0 saturated carbocycles. The van der Waals surface area contributed by atoms with E-state index in [9.17, 15) is 0 Å². The minimum Gasteiger partial charge on any atom is -0.373 e. The van der Waals surface area contributed by atoms with Crippen LogP contribution in [0.25, 0.3) is 0 Å². The zero-order valence-corrected chi connectivity index (χ0v) is 7.70. The first kappa shape index (κ1) is 7.57. The maximum Gasteiger partial charge on any atom is 0.0812 e. The van der Waals surface area contributed by atoms with Gasteiger partial charge in [-0.15, -0.1) is 0 Å². The molecule has 1 aliphatic carbocycles. The van der Waals surface area contributed by atoms with Gasteiger partial charge in [-0.3, -0.25) is 0 Å². The highest BCUT2D eigenvalue weighted by Crippen LogP contribution is 2.32. The van der Waals surface area contributed by atoms with Gasteiger partial charge in [0.1, 0.15) is 0 Å². The summed E-state index contributed by atoms with van der Waals surface area (Å²) in [6, 6.07) is 8.83. The van der Waals surface area contributed by atoms with Crippen molar-refractivity contribution < 1.29 is 4.74 Å². The average molecular weight is 174 g/mol. The van der Waals surface area contributed by atoms with E-state index in [4.69, 9.17) is 4.74 Å². The molecule has 0 spiro atoms. The largest absolute Gasteiger partial charge is 0.373 e. The number of ether oxygens (including phenoxy) is 1. The van der Waals surface area contributed by atoms with Crippen molar-refractivity contribution >= 4 is 0 Å². The molecular weight excluding hydrogens is 160 g/mol. The van der Waals surface area contributed by atoms with Gasteiger partial charge < -0.3 is 4.74 Å². The average Bonchev–Trinajstić information content (AvgIpc) is 2.85. The third-order valence-corrected chi connectivity index (χ3v) is 3.13. The molecule has 0 amide bonds. The number of hydrogen-bond acceptors (Lipinski definition) is 1. The lowest BCUT2D eigenvalue weighted by molar-refractivity contribution is 0.357. The first-order valence-corrected chi connectivity index (χ1v) is 5.10. The molecule has 1 nitrogen and oxygen atoms in total. The normalized spacial score (nSPS) is 26.0. The maximum atomic E-state index is 5.27. The Morgan fingerprint density at radius 3 is 2.31 bits per heavy atom. The molecule has 3 rings (SSSR count). The summed E-state index contributed by atoms with van der Waals surface area (Å²) in [6.07, 6.45) is 4.42. The van der Waals surface area contributed by atoms with E-state index in [1.54, 1.807) is 11.1 Å². The Morgan fingerprint density at radius 2 is 1.77 bits per heavy atom. The van der Waals surface area contributed by atoms with Gasteiger partial charge in [0.25, 0.3) is 0 Å². The Balaban J connectivity index is 1.73. The first-order chi connectivity index (χ1) is 6.42. The van der Waals surface area contributed by atoms with Crippen molar-refractivity contribution in [2.24, 2.45) is 5.92 Å². The quantitative estimate of drug-likeness (QED) is 0.626. The molecule has 13 heavy (non-hydrogen) atoms. The van der Waals surface area contributed by atoms with Crippen LogP contribution in [0.2, 0.25) is 0 Å². The summed E-state index contributed by atoms with van der Waals surface area (Å²) in [7, 11) is 0. The third-order valence-electron chi connectivity index (χ3n) is 3.13. The van der Waals surface area contributed by atoms with E-state index in [0.717, 1.165) is 12.5 Å². The van der Waals surface area contributed by atoms with Gasteiger partial charge in [0.2, 0.25) is 0 Å². The summed E-state index contributed by atoms with van der Waals surface area (Å²) in [5, 5.41) is 0. The fraction of sp³-hybridized carbons (Fsp3) is 0.500. The van der Waals surface area contributed by atoms with E-state index in [2.05, 4.69) is 24.3 Å². The van der Waals surface area contributed by atoms with Gasteiger partial charge in [-0.2, -0.15) is 0 Å². The molecule has 1 heterocycles. The molecule has 1 aromatic carbocycles. The minimum absolute atomic E-state index is 0.597. The molecule has 1 aliphatic heterocycles. The SMILES string of the molecule is c1ccc2c(c1)CC(CC1CO1)C2. The standard InChI is InChI=1S/C12H14O/c1-2-4-11-6-9(5-10(11)3-1)7-12-8-13-12/h1-4,9,12H,5-8H2. The smallest absolute Gasteiger partial charge is 0.0812 e. The van der Waals surface area contributed by atoms with Crippen molar-refractivity contribution in [3.8, 4) is 0 Å². The molecule has 1 unspecified atom stereocenters. The van der Waals surface area contributed by atoms with Crippen molar-refractivity contribution in [2.75, 3.05) is 6.61 Å². The van der Waals surface area contributed by atoms with Crippen LogP contribution in [0.15, 0.2) is 24.3 Å². The monoisotopic (exact) mass is 174 g/mol. The predicted octanol–water partition coefficient (Wildman–Crippen LogP) is 2.19. The second kappa shape index (κ2) is 2.85. The van der Waals surface area contributed by atoms with Crippen molar-refractivity contribution in [3.63, 3.8) is 0 Å². The topological polar surface area (TPSA) is 12.5 Å². The van der Waals surface area contributed by atoms with Gasteiger partial charge in [0.05, 0.1) is 12.7 Å². The third kappa shape index (κ3) is 1.49. The lowest BCUT2D eigenvalue weighted by Crippen LogP contribution is -2.03. The Morgan fingerprint density at radius 1 is 1.15 bits per heavy atom. The van der Waals surface area contributed by atoms with E-state index in [1.807, 2.05) is 0 Å². The van der Waals surface area contributed by atoms with E-state index >= 15 is 0 Å². The number of hydrogen-bond donors (Lipinski definition) is 0. The van der Waals surface area contributed by atoms with Crippen molar-refractivity contribution in [3.05, 3.63) is 35.4 Å². The van der Waals surface area contributed by atoms with Crippen molar-refractivity contribution in [1.82, 2.24) is 0 Å². The van der Waals surface area contributed by atoms with Gasteiger partial charge in [0.15, 0.2) is 0 Å². The molecule has 68 valence electrons. The highest BCUT2D eigenvalue weighted by atomic mass is 16.6. The highest BCUT2D eigenvalue weighted by molar-refractivity contribution is 5.32. The fourth-order valence-corrected chi connectivity index (χ4v) is 2.39. The molecule has 1 heteroatoms. The summed E-state index contributed by atoms with van der Waals surface area (Å²) in [6.45, 7) is 1.01. The Bertz CT molecular complexity index is 290. The molecule has 0 bridgehead atoms. The molecular formula is C12H14O. The summed E-state index contributed by atoms with van der Waals surface area (Å²) in [5.41, 5.74) is 3.13. The summed E-state index contributed by atoms with van der Waals surface area (Å²) >= 11 is 0. The number of fused-ring (bicyclic) bond motifs is 1. The second-order valence-electron chi connectivity index (χ2n) is 4.23. The van der Waals surface area contributed by atoms with Crippen LogP contribution in [0, 0.1) is 5.92 Å². The molecule has 1 atom stereocenters. The molecule has 2 aliphatic rings. The zero-order valence-electron chi connectivity index (χ0n) is 7.70. The molecule has 0 radical (unpaired) electrons. The van der Waals surface area contributed by atoms with Crippen molar-refractivity contribution in [2.45, 2.75) is 25.4 Å². The molecule has 0 N–H and O–H groups in total. The minimum atomic E-state index is 0.597. The van der Waals surface area contributed by atoms with Crippen LogP contribution in [0.4, 0.5) is 0 Å². The fourth-order valence-electron chi connectivity index (χ4n) is 2.39. The van der Waals surface area contributed by atoms with Gasteiger partial charge in [-0.05, 0) is 36.3 Å². The number of epoxide rings is 1. The first-order valence-electron chi connectivity index (χ1n) is 5.10. The van der Waals surface area contributed by atoms with Crippen molar-refractivity contribution in [1.29, 1.82) is 0 Å². The summed E-state index contributed by atoms with van der Waals surface area (Å²) in [5.74, 6) is 0.852. The zero-order chi connectivity index (χ0) is 8.67. The van der Waals surface area contributed by atoms with E-state index in [1.165, 1.54) is 19.3 Å².